The Balaban J connectivity index is 1.40. The van der Waals surface area contributed by atoms with Crippen LogP contribution in [0.15, 0.2) is 12.3 Å². The maximum Gasteiger partial charge on any atom is 0.222 e. The predicted octanol–water partition coefficient (Wildman–Crippen LogP) is 3.13. The molecule has 0 bridgehead atoms. The molecule has 0 radical (unpaired) electrons. The van der Waals surface area contributed by atoms with E-state index in [9.17, 15) is 4.79 Å². The normalized spacial score (nSPS) is 20.0. The fourth-order valence-electron chi connectivity index (χ4n) is 3.68. The highest BCUT2D eigenvalue weighted by Gasteiger charge is 2.25. The molecule has 3 rings (SSSR count). The fourth-order valence-corrected chi connectivity index (χ4v) is 3.68. The molecule has 5 nitrogen and oxygen atoms in total. The first-order valence-electron chi connectivity index (χ1n) is 8.95. The average Bonchev–Trinajstić information content (AvgIpc) is 3.07. The molecule has 2 heterocycles. The van der Waals surface area contributed by atoms with Gasteiger partial charge in [0.15, 0.2) is 0 Å². The summed E-state index contributed by atoms with van der Waals surface area (Å²) < 4.78 is 5.92. The predicted molar refractivity (Wildman–Crippen MR) is 88.2 cm³/mol. The third-order valence-electron chi connectivity index (χ3n) is 5.07. The van der Waals surface area contributed by atoms with Crippen molar-refractivity contribution in [3.63, 3.8) is 0 Å². The lowest BCUT2D eigenvalue weighted by Crippen LogP contribution is -2.41. The van der Waals surface area contributed by atoms with Crippen molar-refractivity contribution in [1.29, 1.82) is 0 Å². The summed E-state index contributed by atoms with van der Waals surface area (Å²) in [4.78, 5) is 22.7. The van der Waals surface area contributed by atoms with Gasteiger partial charge in [-0.1, -0.05) is 25.7 Å². The molecule has 126 valence electrons. The van der Waals surface area contributed by atoms with Crippen molar-refractivity contribution < 1.29 is 9.53 Å². The third kappa shape index (κ3) is 4.66. The van der Waals surface area contributed by atoms with E-state index in [1.165, 1.54) is 25.7 Å². The van der Waals surface area contributed by atoms with Crippen LogP contribution < -0.4 is 4.74 Å². The summed E-state index contributed by atoms with van der Waals surface area (Å²) in [5.41, 5.74) is 0. The highest BCUT2D eigenvalue weighted by atomic mass is 16.5. The molecular formula is C18H27N3O2. The van der Waals surface area contributed by atoms with Gasteiger partial charge in [0.1, 0.15) is 11.9 Å². The Morgan fingerprint density at radius 2 is 2.00 bits per heavy atom. The van der Waals surface area contributed by atoms with Crippen LogP contribution in [0.3, 0.4) is 0 Å². The maximum atomic E-state index is 12.3. The second-order valence-corrected chi connectivity index (χ2v) is 6.83. The van der Waals surface area contributed by atoms with E-state index in [4.69, 9.17) is 4.74 Å². The summed E-state index contributed by atoms with van der Waals surface area (Å²) in [6.45, 7) is 3.47. The summed E-state index contributed by atoms with van der Waals surface area (Å²) in [5.74, 6) is 2.49. The van der Waals surface area contributed by atoms with Gasteiger partial charge < -0.3 is 9.64 Å². The van der Waals surface area contributed by atoms with Crippen LogP contribution in [0.2, 0.25) is 0 Å². The fraction of sp³-hybridized carbons (Fsp3) is 0.722. The Morgan fingerprint density at radius 1 is 1.26 bits per heavy atom. The van der Waals surface area contributed by atoms with E-state index in [0.29, 0.717) is 11.8 Å². The first kappa shape index (κ1) is 16.2. The van der Waals surface area contributed by atoms with Gasteiger partial charge in [-0.3, -0.25) is 4.79 Å². The van der Waals surface area contributed by atoms with E-state index in [-0.39, 0.29) is 6.10 Å². The molecule has 1 aliphatic heterocycles. The number of likely N-dealkylation sites (tertiary alicyclic amines) is 1. The minimum Gasteiger partial charge on any atom is -0.474 e. The zero-order valence-electron chi connectivity index (χ0n) is 14.0. The van der Waals surface area contributed by atoms with Gasteiger partial charge in [-0.25, -0.2) is 4.98 Å². The third-order valence-corrected chi connectivity index (χ3v) is 5.07. The highest BCUT2D eigenvalue weighted by molar-refractivity contribution is 5.76. The van der Waals surface area contributed by atoms with Gasteiger partial charge in [0.05, 0.1) is 0 Å². The quantitative estimate of drug-likeness (QED) is 0.837. The van der Waals surface area contributed by atoms with Crippen LogP contribution in [-0.2, 0) is 4.79 Å². The second kappa shape index (κ2) is 7.75. The van der Waals surface area contributed by atoms with E-state index in [1.54, 1.807) is 12.3 Å². The molecule has 1 aromatic rings. The minimum absolute atomic E-state index is 0.156. The van der Waals surface area contributed by atoms with Gasteiger partial charge in [0.25, 0.3) is 0 Å². The van der Waals surface area contributed by atoms with Crippen LogP contribution >= 0.6 is 0 Å². The number of amides is 1. The molecule has 1 saturated carbocycles. The average molecular weight is 317 g/mol. The summed E-state index contributed by atoms with van der Waals surface area (Å²) in [6, 6.07) is 1.80. The van der Waals surface area contributed by atoms with E-state index in [0.717, 1.165) is 50.5 Å². The number of aryl methyl sites for hydroxylation is 1. The lowest BCUT2D eigenvalue weighted by atomic mass is 10.0. The Hall–Kier alpha value is -1.65. The van der Waals surface area contributed by atoms with Crippen molar-refractivity contribution in [3.8, 4) is 5.88 Å². The van der Waals surface area contributed by atoms with Gasteiger partial charge in [-0.2, -0.15) is 4.98 Å². The largest absolute Gasteiger partial charge is 0.474 e. The Labute approximate surface area is 138 Å². The van der Waals surface area contributed by atoms with Gasteiger partial charge in [0.2, 0.25) is 11.8 Å². The number of rotatable bonds is 5. The Kier molecular flexibility index (Phi) is 5.47. The van der Waals surface area contributed by atoms with Gasteiger partial charge in [-0.05, 0) is 19.3 Å². The molecule has 0 aromatic carbocycles. The van der Waals surface area contributed by atoms with Crippen LogP contribution in [0.1, 0.15) is 57.2 Å². The van der Waals surface area contributed by atoms with Gasteiger partial charge in [0, 0.05) is 44.6 Å². The number of hydrogen-bond acceptors (Lipinski definition) is 4. The van der Waals surface area contributed by atoms with E-state index in [2.05, 4.69) is 9.97 Å². The highest BCUT2D eigenvalue weighted by Crippen LogP contribution is 2.29. The standard InChI is InChI=1S/C18H27N3O2/c1-14-19-11-8-17(20-14)23-16-9-12-21(13-10-16)18(22)7-6-15-4-2-3-5-15/h8,11,15-16H,2-7,9-10,12-13H2,1H3. The molecular weight excluding hydrogens is 290 g/mol. The zero-order valence-corrected chi connectivity index (χ0v) is 14.0. The van der Waals surface area contributed by atoms with Crippen molar-refractivity contribution in [2.75, 3.05) is 13.1 Å². The summed E-state index contributed by atoms with van der Waals surface area (Å²) >= 11 is 0. The number of ether oxygens (including phenoxy) is 1. The smallest absolute Gasteiger partial charge is 0.222 e. The van der Waals surface area contributed by atoms with Crippen molar-refractivity contribution in [2.45, 2.75) is 64.4 Å². The lowest BCUT2D eigenvalue weighted by molar-refractivity contribution is -0.133. The first-order valence-corrected chi connectivity index (χ1v) is 8.95. The maximum absolute atomic E-state index is 12.3. The number of aromatic nitrogens is 2. The number of piperidine rings is 1. The molecule has 1 aromatic heterocycles. The van der Waals surface area contributed by atoms with Crippen molar-refractivity contribution >= 4 is 5.91 Å². The molecule has 1 amide bonds. The van der Waals surface area contributed by atoms with Crippen LogP contribution in [0.4, 0.5) is 0 Å². The summed E-state index contributed by atoms with van der Waals surface area (Å²) in [6.07, 6.45) is 10.8. The second-order valence-electron chi connectivity index (χ2n) is 6.83. The molecule has 2 aliphatic rings. The van der Waals surface area contributed by atoms with Crippen LogP contribution in [-0.4, -0.2) is 40.0 Å². The lowest BCUT2D eigenvalue weighted by Gasteiger charge is -2.32. The van der Waals surface area contributed by atoms with E-state index >= 15 is 0 Å². The molecule has 0 spiro atoms. The van der Waals surface area contributed by atoms with Gasteiger partial charge >= 0.3 is 0 Å². The van der Waals surface area contributed by atoms with Crippen molar-refractivity contribution in [3.05, 3.63) is 18.1 Å². The Morgan fingerprint density at radius 3 is 2.70 bits per heavy atom. The summed E-state index contributed by atoms with van der Waals surface area (Å²) in [5, 5.41) is 0. The van der Waals surface area contributed by atoms with E-state index in [1.807, 2.05) is 11.8 Å². The SMILES string of the molecule is Cc1nccc(OC2CCN(C(=O)CCC3CCCC3)CC2)n1. The monoisotopic (exact) mass is 317 g/mol. The van der Waals surface area contributed by atoms with Crippen molar-refractivity contribution in [1.82, 2.24) is 14.9 Å². The van der Waals surface area contributed by atoms with Gasteiger partial charge in [-0.15, -0.1) is 0 Å². The molecule has 5 heteroatoms. The molecule has 1 aliphatic carbocycles. The molecule has 1 saturated heterocycles. The van der Waals surface area contributed by atoms with Crippen LogP contribution in [0, 0.1) is 12.8 Å². The number of nitrogens with zero attached hydrogens (tertiary/aromatic N) is 3. The van der Waals surface area contributed by atoms with Crippen LogP contribution in [0.5, 0.6) is 5.88 Å². The topological polar surface area (TPSA) is 55.3 Å². The number of carbonyl (C=O) groups is 1. The Bertz CT molecular complexity index is 521. The molecule has 2 fully saturated rings. The number of hydrogen-bond donors (Lipinski definition) is 0. The molecule has 0 N–H and O–H groups in total. The summed E-state index contributed by atoms with van der Waals surface area (Å²) in [7, 11) is 0. The van der Waals surface area contributed by atoms with Crippen LogP contribution in [0.25, 0.3) is 0 Å². The molecule has 23 heavy (non-hydrogen) atoms. The number of carbonyl (C=O) groups excluding carboxylic acids is 1. The zero-order chi connectivity index (χ0) is 16.1. The minimum atomic E-state index is 0.156. The van der Waals surface area contributed by atoms with Crippen molar-refractivity contribution in [2.24, 2.45) is 5.92 Å². The molecule has 0 atom stereocenters. The molecule has 0 unspecified atom stereocenters. The van der Waals surface area contributed by atoms with E-state index < -0.39 is 0 Å². The first-order chi connectivity index (χ1) is 11.2.